The summed E-state index contributed by atoms with van der Waals surface area (Å²) in [4.78, 5) is 44.7. The van der Waals surface area contributed by atoms with Crippen LogP contribution in [0, 0.1) is 5.82 Å². The maximum atomic E-state index is 13.6. The van der Waals surface area contributed by atoms with Crippen LogP contribution in [0.5, 0.6) is 0 Å². The normalized spacial score (nSPS) is 16.1. The Morgan fingerprint density at radius 2 is 2.00 bits per heavy atom. The van der Waals surface area contributed by atoms with Crippen molar-refractivity contribution in [1.29, 1.82) is 0 Å². The smallest absolute Gasteiger partial charge is 0.407 e. The second kappa shape index (κ2) is 10.8. The fraction of sp³-hybridized carbons (Fsp3) is 0.500. The Kier molecular flexibility index (Phi) is 8.08. The first-order chi connectivity index (χ1) is 16.2. The van der Waals surface area contributed by atoms with Crippen LogP contribution in [0.1, 0.15) is 44.7 Å². The van der Waals surface area contributed by atoms with E-state index in [0.717, 1.165) is 6.20 Å². The third-order valence-corrected chi connectivity index (χ3v) is 6.30. The van der Waals surface area contributed by atoms with Crippen LogP contribution in [-0.2, 0) is 9.59 Å². The van der Waals surface area contributed by atoms with Crippen LogP contribution < -0.4 is 5.32 Å². The number of hydrogen-bond donors (Lipinski definition) is 2. The van der Waals surface area contributed by atoms with E-state index in [-0.39, 0.29) is 43.6 Å². The SMILES string of the molecule is CCCN(C(=O)CCl)C1(C(=O)N[C@@H](C)c2ccc(-n3cc(F)cn3)nc2)CCN(C(=O)O)CC1. The number of nitrogens with one attached hydrogen (secondary N) is 1. The number of halogens is 2. The zero-order valence-electron chi connectivity index (χ0n) is 19.1. The summed E-state index contributed by atoms with van der Waals surface area (Å²) in [6.07, 6.45) is 3.75. The van der Waals surface area contributed by atoms with Gasteiger partial charge in [0, 0.05) is 25.8 Å². The summed E-state index contributed by atoms with van der Waals surface area (Å²) in [5.74, 6) is -1.06. The highest BCUT2D eigenvalue weighted by Gasteiger charge is 2.48. The lowest BCUT2D eigenvalue weighted by Gasteiger charge is -2.47. The quantitative estimate of drug-likeness (QED) is 0.544. The van der Waals surface area contributed by atoms with Gasteiger partial charge >= 0.3 is 6.09 Å². The molecule has 1 fully saturated rings. The van der Waals surface area contributed by atoms with Crippen LogP contribution in [-0.4, -0.2) is 78.6 Å². The molecule has 0 spiro atoms. The molecule has 0 aromatic carbocycles. The topological polar surface area (TPSA) is 121 Å². The van der Waals surface area contributed by atoms with Gasteiger partial charge in [0.05, 0.1) is 18.4 Å². The molecule has 3 heterocycles. The van der Waals surface area contributed by atoms with E-state index in [1.165, 1.54) is 20.7 Å². The van der Waals surface area contributed by atoms with Gasteiger partial charge in [-0.05, 0) is 37.8 Å². The molecule has 3 rings (SSSR count). The Labute approximate surface area is 201 Å². The Bertz CT molecular complexity index is 1020. The molecule has 34 heavy (non-hydrogen) atoms. The molecule has 12 heteroatoms. The molecule has 2 N–H and O–H groups in total. The lowest BCUT2D eigenvalue weighted by Crippen LogP contribution is -2.65. The van der Waals surface area contributed by atoms with Crippen molar-refractivity contribution >= 4 is 29.5 Å². The predicted octanol–water partition coefficient (Wildman–Crippen LogP) is 2.57. The Morgan fingerprint density at radius 3 is 2.50 bits per heavy atom. The molecule has 0 aliphatic carbocycles. The minimum absolute atomic E-state index is 0.129. The van der Waals surface area contributed by atoms with Crippen molar-refractivity contribution in [2.24, 2.45) is 0 Å². The van der Waals surface area contributed by atoms with Crippen LogP contribution in [0.25, 0.3) is 5.82 Å². The fourth-order valence-corrected chi connectivity index (χ4v) is 4.33. The van der Waals surface area contributed by atoms with E-state index >= 15 is 0 Å². The van der Waals surface area contributed by atoms with Crippen molar-refractivity contribution in [2.45, 2.75) is 44.7 Å². The highest BCUT2D eigenvalue weighted by molar-refractivity contribution is 6.27. The number of pyridine rings is 1. The number of carbonyl (C=O) groups excluding carboxylic acids is 2. The van der Waals surface area contributed by atoms with Crippen molar-refractivity contribution in [2.75, 3.05) is 25.5 Å². The number of piperidine rings is 1. The Hall–Kier alpha value is -3.21. The first kappa shape index (κ1) is 25.4. The summed E-state index contributed by atoms with van der Waals surface area (Å²) in [5, 5.41) is 16.2. The van der Waals surface area contributed by atoms with E-state index in [2.05, 4.69) is 15.4 Å². The van der Waals surface area contributed by atoms with E-state index in [1.54, 1.807) is 25.3 Å². The van der Waals surface area contributed by atoms with Crippen molar-refractivity contribution in [3.63, 3.8) is 0 Å². The number of amides is 3. The van der Waals surface area contributed by atoms with Crippen molar-refractivity contribution in [3.8, 4) is 5.82 Å². The average molecular weight is 495 g/mol. The second-order valence-electron chi connectivity index (χ2n) is 8.23. The molecule has 0 bridgehead atoms. The number of aromatic nitrogens is 3. The van der Waals surface area contributed by atoms with E-state index in [1.807, 2.05) is 6.92 Å². The monoisotopic (exact) mass is 494 g/mol. The van der Waals surface area contributed by atoms with Gasteiger partial charge in [-0.1, -0.05) is 13.0 Å². The van der Waals surface area contributed by atoms with Gasteiger partial charge < -0.3 is 20.2 Å². The molecule has 1 aliphatic rings. The summed E-state index contributed by atoms with van der Waals surface area (Å²) in [6, 6.07) is 2.96. The highest BCUT2D eigenvalue weighted by Crippen LogP contribution is 2.31. The van der Waals surface area contributed by atoms with Gasteiger partial charge in [0.2, 0.25) is 11.8 Å². The van der Waals surface area contributed by atoms with Gasteiger partial charge in [-0.2, -0.15) is 5.10 Å². The van der Waals surface area contributed by atoms with Gasteiger partial charge in [-0.3, -0.25) is 9.59 Å². The van der Waals surface area contributed by atoms with Crippen molar-refractivity contribution in [1.82, 2.24) is 29.9 Å². The molecular formula is C22H28ClFN6O4. The number of hydrogen-bond acceptors (Lipinski definition) is 5. The summed E-state index contributed by atoms with van der Waals surface area (Å²) in [6.45, 7) is 4.27. The highest BCUT2D eigenvalue weighted by atomic mass is 35.5. The minimum atomic E-state index is -1.21. The molecule has 2 aromatic rings. The molecule has 1 aliphatic heterocycles. The standard InChI is InChI=1S/C22H28ClFN6O4/c1-3-8-29(19(31)11-23)22(6-9-28(10-7-22)21(33)34)20(32)27-15(2)16-4-5-18(25-12-16)30-14-17(24)13-26-30/h4-5,12-15H,3,6-11H2,1-2H3,(H,27,32)(H,33,34)/t15-/m0/s1. The van der Waals surface area contributed by atoms with Gasteiger partial charge in [-0.25, -0.2) is 18.9 Å². The van der Waals surface area contributed by atoms with Crippen LogP contribution >= 0.6 is 11.6 Å². The largest absolute Gasteiger partial charge is 0.465 e. The zero-order chi connectivity index (χ0) is 24.9. The number of rotatable bonds is 8. The zero-order valence-corrected chi connectivity index (χ0v) is 19.8. The molecular weight excluding hydrogens is 467 g/mol. The second-order valence-corrected chi connectivity index (χ2v) is 8.50. The average Bonchev–Trinajstić information content (AvgIpc) is 3.28. The molecule has 1 saturated heterocycles. The number of nitrogens with zero attached hydrogens (tertiary/aromatic N) is 5. The molecule has 3 amide bonds. The minimum Gasteiger partial charge on any atom is -0.465 e. The van der Waals surface area contributed by atoms with Gasteiger partial charge in [-0.15, -0.1) is 11.6 Å². The van der Waals surface area contributed by atoms with Crippen LogP contribution in [0.3, 0.4) is 0 Å². The van der Waals surface area contributed by atoms with E-state index in [4.69, 9.17) is 11.6 Å². The molecule has 10 nitrogen and oxygen atoms in total. The number of carboxylic acid groups (broad SMARTS) is 1. The predicted molar refractivity (Wildman–Crippen MR) is 122 cm³/mol. The van der Waals surface area contributed by atoms with Crippen LogP contribution in [0.15, 0.2) is 30.7 Å². The van der Waals surface area contributed by atoms with Crippen molar-refractivity contribution < 1.29 is 23.9 Å². The van der Waals surface area contributed by atoms with Gasteiger partial charge in [0.25, 0.3) is 0 Å². The van der Waals surface area contributed by atoms with Crippen molar-refractivity contribution in [3.05, 3.63) is 42.1 Å². The number of likely N-dealkylation sites (tertiary alicyclic amines) is 1. The van der Waals surface area contributed by atoms with E-state index in [0.29, 0.717) is 24.3 Å². The van der Waals surface area contributed by atoms with Gasteiger partial charge in [0.15, 0.2) is 11.6 Å². The first-order valence-electron chi connectivity index (χ1n) is 11.0. The number of carbonyl (C=O) groups is 3. The first-order valence-corrected chi connectivity index (χ1v) is 11.6. The molecule has 184 valence electrons. The lowest BCUT2D eigenvalue weighted by molar-refractivity contribution is -0.150. The fourth-order valence-electron chi connectivity index (χ4n) is 4.19. The molecule has 0 saturated carbocycles. The maximum absolute atomic E-state index is 13.6. The van der Waals surface area contributed by atoms with E-state index < -0.39 is 23.5 Å². The van der Waals surface area contributed by atoms with Crippen LogP contribution in [0.2, 0.25) is 0 Å². The molecule has 1 atom stereocenters. The van der Waals surface area contributed by atoms with E-state index in [9.17, 15) is 23.9 Å². The summed E-state index contributed by atoms with van der Waals surface area (Å²) in [5.41, 5.74) is -0.504. The Balaban J connectivity index is 1.81. The summed E-state index contributed by atoms with van der Waals surface area (Å²) >= 11 is 5.85. The third-order valence-electron chi connectivity index (χ3n) is 6.07. The Morgan fingerprint density at radius 1 is 1.29 bits per heavy atom. The molecule has 0 radical (unpaired) electrons. The lowest BCUT2D eigenvalue weighted by atomic mass is 9.83. The third kappa shape index (κ3) is 5.30. The maximum Gasteiger partial charge on any atom is 0.407 e. The van der Waals surface area contributed by atoms with Crippen LogP contribution in [0.4, 0.5) is 9.18 Å². The molecule has 2 aromatic heterocycles. The molecule has 0 unspecified atom stereocenters. The summed E-state index contributed by atoms with van der Waals surface area (Å²) < 4.78 is 14.5. The number of alkyl halides is 1. The van der Waals surface area contributed by atoms with Gasteiger partial charge in [0.1, 0.15) is 11.4 Å². The summed E-state index contributed by atoms with van der Waals surface area (Å²) in [7, 11) is 0.